The number of amides is 1. The third kappa shape index (κ3) is 3.14. The first-order valence-electron chi connectivity index (χ1n) is 6.08. The number of nitrogens with zero attached hydrogens (tertiary/aromatic N) is 2. The largest absolute Gasteiger partial charge is 0.467 e. The molecule has 0 bridgehead atoms. The smallest absolute Gasteiger partial charge is 0.259 e. The second-order valence-electron chi connectivity index (χ2n) is 4.14. The first-order chi connectivity index (χ1) is 9.72. The molecule has 1 amide bonds. The van der Waals surface area contributed by atoms with Crippen LogP contribution in [-0.4, -0.2) is 22.3 Å². The summed E-state index contributed by atoms with van der Waals surface area (Å²) in [6.07, 6.45) is 4.53. The lowest BCUT2D eigenvalue weighted by Crippen LogP contribution is -2.34. The minimum absolute atomic E-state index is 0.0528. The van der Waals surface area contributed by atoms with E-state index < -0.39 is 5.91 Å². The van der Waals surface area contributed by atoms with E-state index >= 15 is 0 Å². The Morgan fingerprint density at radius 3 is 2.95 bits per heavy atom. The van der Waals surface area contributed by atoms with Gasteiger partial charge >= 0.3 is 0 Å². The van der Waals surface area contributed by atoms with E-state index in [1.807, 2.05) is 6.07 Å². The van der Waals surface area contributed by atoms with Crippen LogP contribution < -0.4 is 5.43 Å². The van der Waals surface area contributed by atoms with Gasteiger partial charge in [0.25, 0.3) is 5.91 Å². The van der Waals surface area contributed by atoms with Crippen LogP contribution >= 0.6 is 0 Å². The SMILES string of the molecule is N#CCCN(Cc1ccco1)C(=O)c1c[nH]ccc1=O. The molecule has 2 rings (SSSR count). The fourth-order valence-corrected chi connectivity index (χ4v) is 1.78. The summed E-state index contributed by atoms with van der Waals surface area (Å²) in [5.41, 5.74) is -0.299. The van der Waals surface area contributed by atoms with Crippen molar-refractivity contribution in [2.75, 3.05) is 6.54 Å². The van der Waals surface area contributed by atoms with Crippen LogP contribution in [0, 0.1) is 11.3 Å². The van der Waals surface area contributed by atoms with Crippen LogP contribution in [0.4, 0.5) is 0 Å². The number of carbonyl (C=O) groups is 1. The van der Waals surface area contributed by atoms with E-state index in [1.165, 1.54) is 29.6 Å². The summed E-state index contributed by atoms with van der Waals surface area (Å²) < 4.78 is 5.20. The Balaban J connectivity index is 2.22. The Hall–Kier alpha value is -2.81. The summed E-state index contributed by atoms with van der Waals surface area (Å²) in [6.45, 7) is 0.464. The zero-order valence-corrected chi connectivity index (χ0v) is 10.7. The molecule has 6 nitrogen and oxygen atoms in total. The van der Waals surface area contributed by atoms with E-state index in [-0.39, 0.29) is 30.5 Å². The lowest BCUT2D eigenvalue weighted by molar-refractivity contribution is 0.0733. The van der Waals surface area contributed by atoms with Gasteiger partial charge in [-0.15, -0.1) is 0 Å². The van der Waals surface area contributed by atoms with Gasteiger partial charge in [-0.3, -0.25) is 9.59 Å². The molecule has 0 aromatic carbocycles. The van der Waals surface area contributed by atoms with Gasteiger partial charge in [0.1, 0.15) is 11.3 Å². The number of H-pyrrole nitrogens is 1. The highest BCUT2D eigenvalue weighted by molar-refractivity contribution is 5.93. The minimum Gasteiger partial charge on any atom is -0.467 e. The maximum atomic E-state index is 12.4. The minimum atomic E-state index is -0.418. The lowest BCUT2D eigenvalue weighted by Gasteiger charge is -2.20. The van der Waals surface area contributed by atoms with Crippen LogP contribution in [0.3, 0.4) is 0 Å². The Kier molecular flexibility index (Phi) is 4.35. The average Bonchev–Trinajstić information content (AvgIpc) is 2.96. The van der Waals surface area contributed by atoms with E-state index in [1.54, 1.807) is 12.1 Å². The molecule has 0 spiro atoms. The highest BCUT2D eigenvalue weighted by atomic mass is 16.3. The predicted molar refractivity (Wildman–Crippen MR) is 70.7 cm³/mol. The molecule has 2 aromatic heterocycles. The number of hydrogen-bond donors (Lipinski definition) is 1. The number of pyridine rings is 1. The molecule has 0 aliphatic carbocycles. The number of aromatic amines is 1. The summed E-state index contributed by atoms with van der Waals surface area (Å²) in [5.74, 6) is 0.183. The van der Waals surface area contributed by atoms with Gasteiger partial charge in [0, 0.05) is 25.0 Å². The van der Waals surface area contributed by atoms with E-state index in [2.05, 4.69) is 4.98 Å². The maximum Gasteiger partial charge on any atom is 0.259 e. The van der Waals surface area contributed by atoms with Gasteiger partial charge in [-0.1, -0.05) is 0 Å². The molecule has 2 aromatic rings. The summed E-state index contributed by atoms with van der Waals surface area (Å²) in [7, 11) is 0. The van der Waals surface area contributed by atoms with Crippen molar-refractivity contribution in [2.24, 2.45) is 0 Å². The van der Waals surface area contributed by atoms with Gasteiger partial charge in [0.05, 0.1) is 25.3 Å². The van der Waals surface area contributed by atoms with E-state index in [4.69, 9.17) is 9.68 Å². The summed E-state index contributed by atoms with van der Waals surface area (Å²) >= 11 is 0. The number of nitriles is 1. The molecule has 0 atom stereocenters. The third-order valence-electron chi connectivity index (χ3n) is 2.76. The standard InChI is InChI=1S/C14H13N3O3/c15-5-2-7-17(10-11-3-1-8-20-11)14(19)12-9-16-6-4-13(12)18/h1,3-4,6,8-9H,2,7,10H2,(H,16,18). The molecule has 0 saturated heterocycles. The normalized spacial score (nSPS) is 9.95. The van der Waals surface area contributed by atoms with E-state index in [0.717, 1.165) is 0 Å². The molecule has 20 heavy (non-hydrogen) atoms. The molecular weight excluding hydrogens is 258 g/mol. The first-order valence-corrected chi connectivity index (χ1v) is 6.08. The van der Waals surface area contributed by atoms with Crippen molar-refractivity contribution in [2.45, 2.75) is 13.0 Å². The highest BCUT2D eigenvalue weighted by Crippen LogP contribution is 2.09. The molecule has 0 saturated carbocycles. The molecule has 0 unspecified atom stereocenters. The Morgan fingerprint density at radius 1 is 1.45 bits per heavy atom. The van der Waals surface area contributed by atoms with Crippen LogP contribution in [0.25, 0.3) is 0 Å². The predicted octanol–water partition coefficient (Wildman–Crippen LogP) is 1.52. The van der Waals surface area contributed by atoms with Gasteiger partial charge in [-0.05, 0) is 12.1 Å². The Bertz CT molecular complexity index is 667. The Morgan fingerprint density at radius 2 is 2.30 bits per heavy atom. The van der Waals surface area contributed by atoms with Gasteiger partial charge in [-0.2, -0.15) is 5.26 Å². The Labute approximate surface area is 115 Å². The summed E-state index contributed by atoms with van der Waals surface area (Å²) in [6, 6.07) is 6.74. The molecule has 0 aliphatic rings. The zero-order chi connectivity index (χ0) is 14.4. The van der Waals surface area contributed by atoms with Gasteiger partial charge in [-0.25, -0.2) is 0 Å². The fraction of sp³-hybridized carbons (Fsp3) is 0.214. The van der Waals surface area contributed by atoms with Crippen LogP contribution in [0.1, 0.15) is 22.5 Å². The van der Waals surface area contributed by atoms with Crippen molar-refractivity contribution in [1.82, 2.24) is 9.88 Å². The maximum absolute atomic E-state index is 12.4. The molecule has 6 heteroatoms. The van der Waals surface area contributed by atoms with Crippen molar-refractivity contribution in [1.29, 1.82) is 5.26 Å². The number of rotatable bonds is 5. The number of carbonyl (C=O) groups excluding carboxylic acids is 1. The van der Waals surface area contributed by atoms with Crippen molar-refractivity contribution in [3.63, 3.8) is 0 Å². The van der Waals surface area contributed by atoms with E-state index in [9.17, 15) is 9.59 Å². The molecule has 0 radical (unpaired) electrons. The van der Waals surface area contributed by atoms with Crippen molar-refractivity contribution < 1.29 is 9.21 Å². The number of nitrogens with one attached hydrogen (secondary N) is 1. The van der Waals surface area contributed by atoms with Crippen LogP contribution in [0.2, 0.25) is 0 Å². The number of aromatic nitrogens is 1. The molecule has 102 valence electrons. The first kappa shape index (κ1) is 13.6. The summed E-state index contributed by atoms with van der Waals surface area (Å²) in [5, 5.41) is 8.67. The van der Waals surface area contributed by atoms with Gasteiger partial charge in [0.2, 0.25) is 0 Å². The molecule has 2 heterocycles. The second kappa shape index (κ2) is 6.38. The summed E-state index contributed by atoms with van der Waals surface area (Å²) in [4.78, 5) is 28.2. The third-order valence-corrected chi connectivity index (χ3v) is 2.76. The van der Waals surface area contributed by atoms with Crippen LogP contribution in [0.5, 0.6) is 0 Å². The van der Waals surface area contributed by atoms with Crippen molar-refractivity contribution >= 4 is 5.91 Å². The molecule has 1 N–H and O–H groups in total. The average molecular weight is 271 g/mol. The van der Waals surface area contributed by atoms with Crippen LogP contribution in [0.15, 0.2) is 46.1 Å². The van der Waals surface area contributed by atoms with Crippen molar-refractivity contribution in [3.8, 4) is 6.07 Å². The molecular formula is C14H13N3O3. The van der Waals surface area contributed by atoms with Crippen LogP contribution in [-0.2, 0) is 6.54 Å². The van der Waals surface area contributed by atoms with Gasteiger partial charge in [0.15, 0.2) is 5.43 Å². The highest BCUT2D eigenvalue weighted by Gasteiger charge is 2.19. The molecule has 0 aliphatic heterocycles. The fourth-order valence-electron chi connectivity index (χ4n) is 1.78. The van der Waals surface area contributed by atoms with Gasteiger partial charge < -0.3 is 14.3 Å². The topological polar surface area (TPSA) is 90.1 Å². The second-order valence-corrected chi connectivity index (χ2v) is 4.14. The van der Waals surface area contributed by atoms with Crippen molar-refractivity contribution in [3.05, 3.63) is 58.4 Å². The quantitative estimate of drug-likeness (QED) is 0.892. The molecule has 0 fully saturated rings. The monoisotopic (exact) mass is 271 g/mol. The number of hydrogen-bond acceptors (Lipinski definition) is 4. The number of furan rings is 1. The zero-order valence-electron chi connectivity index (χ0n) is 10.7. The lowest BCUT2D eigenvalue weighted by atomic mass is 10.2. The van der Waals surface area contributed by atoms with E-state index in [0.29, 0.717) is 5.76 Å².